The molecule has 0 radical (unpaired) electrons. The van der Waals surface area contributed by atoms with E-state index in [1.807, 2.05) is 13.0 Å². The molecule has 0 aromatic heterocycles. The summed E-state index contributed by atoms with van der Waals surface area (Å²) in [6, 6.07) is 0.0219. The van der Waals surface area contributed by atoms with Gasteiger partial charge in [-0.3, -0.25) is 9.69 Å². The van der Waals surface area contributed by atoms with Crippen LogP contribution in [0, 0.1) is 5.92 Å². The molecule has 1 aliphatic rings. The number of carboxylic acid groups (broad SMARTS) is 1. The van der Waals surface area contributed by atoms with E-state index in [-0.39, 0.29) is 12.0 Å². The highest BCUT2D eigenvalue weighted by Crippen LogP contribution is 2.20. The number of rotatable bonds is 6. The molecule has 1 rings (SSSR count). The van der Waals surface area contributed by atoms with Crippen molar-refractivity contribution >= 4 is 5.97 Å². The van der Waals surface area contributed by atoms with E-state index in [2.05, 4.69) is 17.9 Å². The first kappa shape index (κ1) is 13.2. The summed E-state index contributed by atoms with van der Waals surface area (Å²) >= 11 is 0. The fourth-order valence-corrected chi connectivity index (χ4v) is 2.06. The maximum Gasteiger partial charge on any atom is 0.310 e. The van der Waals surface area contributed by atoms with E-state index in [9.17, 15) is 4.79 Å². The molecule has 0 aromatic rings. The molecule has 1 N–H and O–H groups in total. The van der Waals surface area contributed by atoms with E-state index in [1.54, 1.807) is 0 Å². The number of carboxylic acids is 1. The second kappa shape index (κ2) is 6.66. The van der Waals surface area contributed by atoms with Crippen molar-refractivity contribution in [3.8, 4) is 0 Å². The van der Waals surface area contributed by atoms with Gasteiger partial charge in [-0.2, -0.15) is 0 Å². The Kier molecular flexibility index (Phi) is 5.49. The van der Waals surface area contributed by atoms with Crippen LogP contribution >= 0.6 is 0 Å². The predicted octanol–water partition coefficient (Wildman–Crippen LogP) is 1.37. The molecule has 16 heavy (non-hydrogen) atoms. The minimum atomic E-state index is -0.746. The summed E-state index contributed by atoms with van der Waals surface area (Å²) in [7, 11) is 0. The Bertz CT molecular complexity index is 253. The normalized spacial score (nSPS) is 25.7. The van der Waals surface area contributed by atoms with Crippen molar-refractivity contribution in [3.05, 3.63) is 12.2 Å². The van der Waals surface area contributed by atoms with Crippen LogP contribution in [0.2, 0.25) is 0 Å². The Morgan fingerprint density at radius 1 is 1.56 bits per heavy atom. The summed E-state index contributed by atoms with van der Waals surface area (Å²) in [5.41, 5.74) is 0. The molecule has 1 aliphatic heterocycles. The van der Waals surface area contributed by atoms with E-state index >= 15 is 0 Å². The molecule has 0 saturated carbocycles. The van der Waals surface area contributed by atoms with Crippen LogP contribution in [0.25, 0.3) is 0 Å². The highest BCUT2D eigenvalue weighted by molar-refractivity contribution is 5.71. The van der Waals surface area contributed by atoms with E-state index < -0.39 is 5.97 Å². The van der Waals surface area contributed by atoms with Crippen molar-refractivity contribution in [2.75, 3.05) is 26.3 Å². The van der Waals surface area contributed by atoms with Gasteiger partial charge in [0.05, 0.1) is 19.1 Å². The monoisotopic (exact) mass is 227 g/mol. The Labute approximate surface area is 96.9 Å². The lowest BCUT2D eigenvalue weighted by molar-refractivity contribution is -0.143. The third kappa shape index (κ3) is 3.32. The van der Waals surface area contributed by atoms with Crippen LogP contribution in [0.15, 0.2) is 12.2 Å². The molecule has 0 aliphatic carbocycles. The van der Waals surface area contributed by atoms with Gasteiger partial charge in [0, 0.05) is 12.6 Å². The maximum atomic E-state index is 11.1. The summed E-state index contributed by atoms with van der Waals surface area (Å²) in [5.74, 6) is -1.12. The molecule has 4 nitrogen and oxygen atoms in total. The maximum absolute atomic E-state index is 11.1. The Hall–Kier alpha value is -0.870. The van der Waals surface area contributed by atoms with Gasteiger partial charge >= 0.3 is 5.97 Å². The Balaban J connectivity index is 2.64. The van der Waals surface area contributed by atoms with Gasteiger partial charge in [0.2, 0.25) is 0 Å². The predicted molar refractivity (Wildman–Crippen MR) is 62.4 cm³/mol. The van der Waals surface area contributed by atoms with Crippen LogP contribution in [-0.4, -0.2) is 48.3 Å². The van der Waals surface area contributed by atoms with Gasteiger partial charge in [-0.05, 0) is 19.9 Å². The van der Waals surface area contributed by atoms with Crippen LogP contribution in [-0.2, 0) is 9.53 Å². The SMILES string of the molecule is CC=CCN(CCC)C1COCC1C(=O)O. The number of allylic oxidation sites excluding steroid dienone is 1. The summed E-state index contributed by atoms with van der Waals surface area (Å²) < 4.78 is 5.29. The van der Waals surface area contributed by atoms with Gasteiger partial charge in [0.1, 0.15) is 0 Å². The molecule has 1 saturated heterocycles. The largest absolute Gasteiger partial charge is 0.481 e. The number of hydrogen-bond acceptors (Lipinski definition) is 3. The van der Waals surface area contributed by atoms with E-state index in [0.717, 1.165) is 19.5 Å². The fourth-order valence-electron chi connectivity index (χ4n) is 2.06. The Morgan fingerprint density at radius 3 is 2.88 bits per heavy atom. The Morgan fingerprint density at radius 2 is 2.31 bits per heavy atom. The molecule has 1 heterocycles. The summed E-state index contributed by atoms with van der Waals surface area (Å²) in [4.78, 5) is 13.3. The molecular formula is C12H21NO3. The summed E-state index contributed by atoms with van der Waals surface area (Å²) in [6.07, 6.45) is 5.08. The molecule has 2 atom stereocenters. The smallest absolute Gasteiger partial charge is 0.310 e. The topological polar surface area (TPSA) is 49.8 Å². The highest BCUT2D eigenvalue weighted by atomic mass is 16.5. The average molecular weight is 227 g/mol. The number of nitrogens with zero attached hydrogens (tertiary/aromatic N) is 1. The molecule has 92 valence electrons. The third-order valence-corrected chi connectivity index (χ3v) is 2.92. The van der Waals surface area contributed by atoms with E-state index in [1.165, 1.54) is 0 Å². The molecule has 0 bridgehead atoms. The second-order valence-corrected chi connectivity index (χ2v) is 4.11. The van der Waals surface area contributed by atoms with Gasteiger partial charge in [0.15, 0.2) is 0 Å². The molecule has 2 unspecified atom stereocenters. The number of carbonyl (C=O) groups is 1. The molecule has 0 amide bonds. The fraction of sp³-hybridized carbons (Fsp3) is 0.750. The molecule has 0 spiro atoms. The highest BCUT2D eigenvalue weighted by Gasteiger charge is 2.37. The first-order chi connectivity index (χ1) is 7.70. The van der Waals surface area contributed by atoms with Crippen molar-refractivity contribution < 1.29 is 14.6 Å². The lowest BCUT2D eigenvalue weighted by Crippen LogP contribution is -2.43. The number of aliphatic carboxylic acids is 1. The first-order valence-electron chi connectivity index (χ1n) is 5.86. The van der Waals surface area contributed by atoms with Crippen molar-refractivity contribution in [1.82, 2.24) is 4.90 Å². The standard InChI is InChI=1S/C12H21NO3/c1-3-5-7-13(6-4-2)11-9-16-8-10(11)12(14)15/h3,5,10-11H,4,6-9H2,1-2H3,(H,14,15). The van der Waals surface area contributed by atoms with Crippen molar-refractivity contribution in [1.29, 1.82) is 0 Å². The van der Waals surface area contributed by atoms with Crippen LogP contribution in [0.4, 0.5) is 0 Å². The van der Waals surface area contributed by atoms with Gasteiger partial charge in [-0.25, -0.2) is 0 Å². The van der Waals surface area contributed by atoms with Crippen molar-refractivity contribution in [2.45, 2.75) is 26.3 Å². The summed E-state index contributed by atoms with van der Waals surface area (Å²) in [5, 5.41) is 9.10. The summed E-state index contributed by atoms with van der Waals surface area (Å²) in [6.45, 7) is 6.69. The zero-order chi connectivity index (χ0) is 12.0. The lowest BCUT2D eigenvalue weighted by Gasteiger charge is -2.28. The van der Waals surface area contributed by atoms with Crippen LogP contribution in [0.1, 0.15) is 20.3 Å². The zero-order valence-electron chi connectivity index (χ0n) is 10.1. The minimum absolute atomic E-state index is 0.0219. The molecule has 0 aromatic carbocycles. The van der Waals surface area contributed by atoms with Crippen molar-refractivity contribution in [3.63, 3.8) is 0 Å². The van der Waals surface area contributed by atoms with E-state index in [4.69, 9.17) is 9.84 Å². The molecule has 4 heteroatoms. The quantitative estimate of drug-likeness (QED) is 0.696. The lowest BCUT2D eigenvalue weighted by atomic mass is 10.0. The van der Waals surface area contributed by atoms with Gasteiger partial charge in [-0.1, -0.05) is 19.1 Å². The van der Waals surface area contributed by atoms with E-state index in [0.29, 0.717) is 13.2 Å². The van der Waals surface area contributed by atoms with Crippen LogP contribution in [0.5, 0.6) is 0 Å². The molecule has 1 fully saturated rings. The average Bonchev–Trinajstić information content (AvgIpc) is 2.73. The molecular weight excluding hydrogens is 206 g/mol. The third-order valence-electron chi connectivity index (χ3n) is 2.92. The van der Waals surface area contributed by atoms with Crippen molar-refractivity contribution in [2.24, 2.45) is 5.92 Å². The minimum Gasteiger partial charge on any atom is -0.481 e. The zero-order valence-corrected chi connectivity index (χ0v) is 10.1. The van der Waals surface area contributed by atoms with Crippen LogP contribution in [0.3, 0.4) is 0 Å². The second-order valence-electron chi connectivity index (χ2n) is 4.11. The van der Waals surface area contributed by atoms with Gasteiger partial charge in [-0.15, -0.1) is 0 Å². The number of hydrogen-bond donors (Lipinski definition) is 1. The number of ether oxygens (including phenoxy) is 1. The van der Waals surface area contributed by atoms with Gasteiger partial charge < -0.3 is 9.84 Å². The van der Waals surface area contributed by atoms with Crippen LogP contribution < -0.4 is 0 Å². The van der Waals surface area contributed by atoms with Gasteiger partial charge in [0.25, 0.3) is 0 Å². The first-order valence-corrected chi connectivity index (χ1v) is 5.86.